The van der Waals surface area contributed by atoms with Crippen LogP contribution in [0.5, 0.6) is 5.88 Å². The van der Waals surface area contributed by atoms with Crippen LogP contribution in [0.2, 0.25) is 0 Å². The van der Waals surface area contributed by atoms with Crippen molar-refractivity contribution in [3.05, 3.63) is 42.2 Å². The molecule has 1 heterocycles. The largest absolute Gasteiger partial charge is 0.473 e. The number of ether oxygens (including phenoxy) is 1. The van der Waals surface area contributed by atoms with E-state index in [0.717, 1.165) is 0 Å². The molecule has 1 aromatic carbocycles. The number of para-hydroxylation sites is 1. The number of anilines is 3. The molecule has 21 heavy (non-hydrogen) atoms. The fourth-order valence-electron chi connectivity index (χ4n) is 2.04. The van der Waals surface area contributed by atoms with Crippen LogP contribution in [0.1, 0.15) is 20.8 Å². The first kappa shape index (κ1) is 15.1. The van der Waals surface area contributed by atoms with Gasteiger partial charge >= 0.3 is 0 Å². The molecule has 0 spiro atoms. The summed E-state index contributed by atoms with van der Waals surface area (Å²) < 4.78 is 19.6. The summed E-state index contributed by atoms with van der Waals surface area (Å²) in [4.78, 5) is 6.19. The molecule has 0 radical (unpaired) electrons. The quantitative estimate of drug-likeness (QED) is 0.910. The van der Waals surface area contributed by atoms with Gasteiger partial charge in [0.25, 0.3) is 0 Å². The van der Waals surface area contributed by atoms with E-state index in [1.807, 2.05) is 20.8 Å². The predicted octanol–water partition coefficient (Wildman–Crippen LogP) is 3.75. The van der Waals surface area contributed by atoms with E-state index >= 15 is 0 Å². The first-order valence-corrected chi connectivity index (χ1v) is 6.98. The number of hydrogen-bond donors (Lipinski definition) is 1. The zero-order valence-electron chi connectivity index (χ0n) is 12.5. The van der Waals surface area contributed by atoms with Crippen molar-refractivity contribution in [3.8, 4) is 5.88 Å². The first-order chi connectivity index (χ1) is 10.0. The van der Waals surface area contributed by atoms with Crippen molar-refractivity contribution in [2.75, 3.05) is 17.2 Å². The van der Waals surface area contributed by atoms with E-state index in [9.17, 15) is 4.39 Å². The first-order valence-electron chi connectivity index (χ1n) is 6.98. The summed E-state index contributed by atoms with van der Waals surface area (Å²) in [5.74, 6) is 0.689. The van der Waals surface area contributed by atoms with Crippen LogP contribution in [0.4, 0.5) is 21.6 Å². The van der Waals surface area contributed by atoms with Gasteiger partial charge in [-0.25, -0.2) is 4.39 Å². The number of nitrogen functional groups attached to an aromatic ring is 1. The molecular formula is C16H20FN3O. The lowest BCUT2D eigenvalue weighted by molar-refractivity contribution is 0.234. The molecule has 2 rings (SSSR count). The van der Waals surface area contributed by atoms with Crippen LogP contribution < -0.4 is 15.4 Å². The molecule has 0 saturated carbocycles. The maximum Gasteiger partial charge on any atom is 0.239 e. The monoisotopic (exact) mass is 289 g/mol. The highest BCUT2D eigenvalue weighted by Crippen LogP contribution is 2.30. The standard InChI is InChI=1S/C16H20FN3O/c1-4-20(14-8-6-5-7-12(14)17)15-10-9-13(18)16(19-15)21-11(2)3/h5-11H,4,18H2,1-3H3. The van der Waals surface area contributed by atoms with Gasteiger partial charge < -0.3 is 15.4 Å². The van der Waals surface area contributed by atoms with Crippen molar-refractivity contribution in [1.82, 2.24) is 4.98 Å². The Bertz CT molecular complexity index is 616. The molecule has 4 nitrogen and oxygen atoms in total. The Morgan fingerprint density at radius 3 is 2.57 bits per heavy atom. The summed E-state index contributed by atoms with van der Waals surface area (Å²) in [6.07, 6.45) is -0.0291. The fraction of sp³-hybridized carbons (Fsp3) is 0.312. The van der Waals surface area contributed by atoms with Crippen LogP contribution >= 0.6 is 0 Å². The summed E-state index contributed by atoms with van der Waals surface area (Å²) >= 11 is 0. The fourth-order valence-corrected chi connectivity index (χ4v) is 2.04. The summed E-state index contributed by atoms with van der Waals surface area (Å²) in [5, 5.41) is 0. The van der Waals surface area contributed by atoms with E-state index in [1.54, 1.807) is 35.2 Å². The topological polar surface area (TPSA) is 51.4 Å². The van der Waals surface area contributed by atoms with Gasteiger partial charge in [0.05, 0.1) is 17.5 Å². The Morgan fingerprint density at radius 1 is 1.24 bits per heavy atom. The summed E-state index contributed by atoms with van der Waals surface area (Å²) in [6.45, 7) is 6.33. The Kier molecular flexibility index (Phi) is 4.62. The third-order valence-corrected chi connectivity index (χ3v) is 2.96. The molecule has 0 amide bonds. The van der Waals surface area contributed by atoms with Crippen LogP contribution in [-0.4, -0.2) is 17.6 Å². The van der Waals surface area contributed by atoms with Gasteiger partial charge in [-0.05, 0) is 45.0 Å². The van der Waals surface area contributed by atoms with Gasteiger partial charge in [-0.15, -0.1) is 0 Å². The van der Waals surface area contributed by atoms with Crippen molar-refractivity contribution in [2.45, 2.75) is 26.9 Å². The lowest BCUT2D eigenvalue weighted by Crippen LogP contribution is -2.19. The van der Waals surface area contributed by atoms with Crippen molar-refractivity contribution >= 4 is 17.2 Å². The van der Waals surface area contributed by atoms with Gasteiger partial charge in [-0.3, -0.25) is 0 Å². The maximum atomic E-state index is 14.0. The number of rotatable bonds is 5. The number of nitrogens with two attached hydrogens (primary N) is 1. The van der Waals surface area contributed by atoms with Gasteiger partial charge in [0.1, 0.15) is 11.6 Å². The molecule has 0 bridgehead atoms. The van der Waals surface area contributed by atoms with Gasteiger partial charge in [-0.1, -0.05) is 12.1 Å². The Hall–Kier alpha value is -2.30. The number of benzene rings is 1. The average molecular weight is 289 g/mol. The van der Waals surface area contributed by atoms with Crippen LogP contribution in [0, 0.1) is 5.82 Å². The minimum atomic E-state index is -0.288. The minimum absolute atomic E-state index is 0.0291. The van der Waals surface area contributed by atoms with E-state index in [-0.39, 0.29) is 11.9 Å². The third kappa shape index (κ3) is 3.42. The lowest BCUT2D eigenvalue weighted by Gasteiger charge is -2.23. The second kappa shape index (κ2) is 6.43. The zero-order chi connectivity index (χ0) is 15.4. The molecule has 0 atom stereocenters. The van der Waals surface area contributed by atoms with E-state index in [1.165, 1.54) is 6.07 Å². The predicted molar refractivity (Wildman–Crippen MR) is 83.5 cm³/mol. The van der Waals surface area contributed by atoms with Crippen molar-refractivity contribution < 1.29 is 9.13 Å². The maximum absolute atomic E-state index is 14.0. The second-order valence-electron chi connectivity index (χ2n) is 4.93. The Balaban J connectivity index is 2.41. The van der Waals surface area contributed by atoms with Crippen LogP contribution in [-0.2, 0) is 0 Å². The zero-order valence-corrected chi connectivity index (χ0v) is 12.5. The van der Waals surface area contributed by atoms with Crippen molar-refractivity contribution in [2.24, 2.45) is 0 Å². The molecule has 5 heteroatoms. The summed E-state index contributed by atoms with van der Waals surface area (Å²) in [6, 6.07) is 10.1. The highest BCUT2D eigenvalue weighted by molar-refractivity contribution is 5.63. The number of hydrogen-bond acceptors (Lipinski definition) is 4. The van der Waals surface area contributed by atoms with E-state index in [4.69, 9.17) is 10.5 Å². The number of halogens is 1. The van der Waals surface area contributed by atoms with Gasteiger partial charge in [0.2, 0.25) is 5.88 Å². The minimum Gasteiger partial charge on any atom is -0.473 e. The molecule has 0 fully saturated rings. The normalized spacial score (nSPS) is 10.7. The molecule has 0 aliphatic heterocycles. The van der Waals surface area contributed by atoms with E-state index in [0.29, 0.717) is 29.6 Å². The van der Waals surface area contributed by atoms with Crippen LogP contribution in [0.3, 0.4) is 0 Å². The van der Waals surface area contributed by atoms with Crippen molar-refractivity contribution in [1.29, 1.82) is 0 Å². The number of pyridine rings is 1. The Morgan fingerprint density at radius 2 is 1.95 bits per heavy atom. The molecule has 1 aromatic heterocycles. The highest BCUT2D eigenvalue weighted by atomic mass is 19.1. The summed E-state index contributed by atoms with van der Waals surface area (Å²) in [7, 11) is 0. The van der Waals surface area contributed by atoms with Gasteiger partial charge in [-0.2, -0.15) is 4.98 Å². The van der Waals surface area contributed by atoms with Gasteiger partial charge in [0, 0.05) is 6.54 Å². The lowest BCUT2D eigenvalue weighted by atomic mass is 10.2. The molecule has 0 saturated heterocycles. The SMILES string of the molecule is CCN(c1ccc(N)c(OC(C)C)n1)c1ccccc1F. The highest BCUT2D eigenvalue weighted by Gasteiger charge is 2.15. The molecule has 0 aliphatic carbocycles. The van der Waals surface area contributed by atoms with E-state index in [2.05, 4.69) is 4.98 Å². The number of nitrogens with zero attached hydrogens (tertiary/aromatic N) is 2. The molecular weight excluding hydrogens is 269 g/mol. The third-order valence-electron chi connectivity index (χ3n) is 2.96. The molecule has 2 aromatic rings. The molecule has 112 valence electrons. The molecule has 2 N–H and O–H groups in total. The Labute approximate surface area is 124 Å². The number of aromatic nitrogens is 1. The summed E-state index contributed by atoms with van der Waals surface area (Å²) in [5.41, 5.74) is 6.82. The smallest absolute Gasteiger partial charge is 0.239 e. The molecule has 0 aliphatic rings. The average Bonchev–Trinajstić information content (AvgIpc) is 2.44. The second-order valence-corrected chi connectivity index (χ2v) is 4.93. The van der Waals surface area contributed by atoms with E-state index < -0.39 is 0 Å². The van der Waals surface area contributed by atoms with Crippen LogP contribution in [0.15, 0.2) is 36.4 Å². The van der Waals surface area contributed by atoms with Crippen molar-refractivity contribution in [3.63, 3.8) is 0 Å². The van der Waals surface area contributed by atoms with Crippen LogP contribution in [0.25, 0.3) is 0 Å². The molecule has 0 unspecified atom stereocenters. The van der Waals surface area contributed by atoms with Gasteiger partial charge in [0.15, 0.2) is 0 Å².